The van der Waals surface area contributed by atoms with E-state index in [1.807, 2.05) is 56.3 Å². The number of rotatable bonds is 7. The summed E-state index contributed by atoms with van der Waals surface area (Å²) >= 11 is 0. The van der Waals surface area contributed by atoms with E-state index < -0.39 is 28.1 Å². The fourth-order valence-electron chi connectivity index (χ4n) is 5.56. The van der Waals surface area contributed by atoms with Crippen LogP contribution in [-0.2, 0) is 14.8 Å². The molecule has 12 heteroatoms. The van der Waals surface area contributed by atoms with Gasteiger partial charge in [0, 0.05) is 43.7 Å². The third-order valence-electron chi connectivity index (χ3n) is 8.19. The van der Waals surface area contributed by atoms with Crippen LogP contribution in [0.1, 0.15) is 50.4 Å². The predicted octanol–water partition coefficient (Wildman–Crippen LogP) is 5.17. The maximum absolute atomic E-state index is 14.2. The zero-order valence-electron chi connectivity index (χ0n) is 27.2. The molecule has 3 amide bonds. The lowest BCUT2D eigenvalue weighted by molar-refractivity contribution is -0.0115. The molecule has 0 aromatic heterocycles. The molecule has 0 bridgehead atoms. The Hall–Kier alpha value is -3.87. The maximum atomic E-state index is 14.2. The number of hydrogen-bond donors (Lipinski definition) is 3. The van der Waals surface area contributed by atoms with Crippen molar-refractivity contribution in [2.45, 2.75) is 58.3 Å². The van der Waals surface area contributed by atoms with E-state index in [2.05, 4.69) is 10.0 Å². The molecular formula is C34H46N4O7S. The highest BCUT2D eigenvalue weighted by atomic mass is 32.2. The summed E-state index contributed by atoms with van der Waals surface area (Å²) in [5.74, 6) is -0.311. The van der Waals surface area contributed by atoms with E-state index in [9.17, 15) is 23.1 Å². The maximum Gasteiger partial charge on any atom is 0.321 e. The molecule has 3 aromatic rings. The molecule has 4 atom stereocenters. The van der Waals surface area contributed by atoms with Gasteiger partial charge in [-0.05, 0) is 62.8 Å². The van der Waals surface area contributed by atoms with Crippen LogP contribution in [0, 0.1) is 5.92 Å². The molecule has 3 aromatic carbocycles. The highest BCUT2D eigenvalue weighted by molar-refractivity contribution is 7.92. The van der Waals surface area contributed by atoms with Crippen molar-refractivity contribution in [2.75, 3.05) is 49.6 Å². The summed E-state index contributed by atoms with van der Waals surface area (Å²) in [7, 11) is -1.88. The largest absolute Gasteiger partial charge is 0.490 e. The summed E-state index contributed by atoms with van der Waals surface area (Å²) in [4.78, 5) is 30.7. The number of sulfonamides is 1. The second-order valence-electron chi connectivity index (χ2n) is 12.2. The average Bonchev–Trinajstić information content (AvgIpc) is 3.01. The van der Waals surface area contributed by atoms with Gasteiger partial charge in [-0.2, -0.15) is 0 Å². The summed E-state index contributed by atoms with van der Waals surface area (Å²) in [6.45, 7) is 6.29. The highest BCUT2D eigenvalue weighted by Gasteiger charge is 2.31. The van der Waals surface area contributed by atoms with Gasteiger partial charge in [0.05, 0.1) is 42.4 Å². The standard InChI is InChI=1S/C34H46N4O7S/c1-23-20-38(24(2)22-39)33(40)29-19-27(36-46(5,42)43)16-17-31(29)45-25(3)11-8-9-18-44-32(23)21-37(4)34(41)35-30-15-10-13-26-12-6-7-14-28(26)30/h6-7,10,12-17,19,23-25,32,36,39H,8-9,11,18,20-22H2,1-5H3,(H,35,41)/t23-,24-,25-,32+/m0/s1. The van der Waals surface area contributed by atoms with Gasteiger partial charge in [-0.1, -0.05) is 43.3 Å². The number of aliphatic hydroxyl groups excluding tert-OH is 1. The van der Waals surface area contributed by atoms with Crippen molar-refractivity contribution in [1.82, 2.24) is 9.80 Å². The van der Waals surface area contributed by atoms with Crippen molar-refractivity contribution in [3.8, 4) is 5.75 Å². The Kier molecular flexibility index (Phi) is 11.9. The summed E-state index contributed by atoms with van der Waals surface area (Å²) in [5.41, 5.74) is 1.13. The molecular weight excluding hydrogens is 608 g/mol. The lowest BCUT2D eigenvalue weighted by Crippen LogP contribution is -2.48. The average molecular weight is 655 g/mol. The van der Waals surface area contributed by atoms with Crippen LogP contribution < -0.4 is 14.8 Å². The lowest BCUT2D eigenvalue weighted by Gasteiger charge is -2.35. The number of anilines is 2. The second-order valence-corrected chi connectivity index (χ2v) is 14.0. The predicted molar refractivity (Wildman–Crippen MR) is 181 cm³/mol. The number of nitrogens with zero attached hydrogens (tertiary/aromatic N) is 2. The smallest absolute Gasteiger partial charge is 0.321 e. The van der Waals surface area contributed by atoms with Gasteiger partial charge in [-0.3, -0.25) is 9.52 Å². The van der Waals surface area contributed by atoms with Crippen molar-refractivity contribution < 1.29 is 32.6 Å². The van der Waals surface area contributed by atoms with E-state index in [-0.39, 0.29) is 49.0 Å². The molecule has 0 spiro atoms. The van der Waals surface area contributed by atoms with E-state index in [4.69, 9.17) is 9.47 Å². The molecule has 1 heterocycles. The van der Waals surface area contributed by atoms with Gasteiger partial charge in [0.1, 0.15) is 5.75 Å². The van der Waals surface area contributed by atoms with E-state index in [1.165, 1.54) is 6.07 Å². The van der Waals surface area contributed by atoms with Crippen LogP contribution >= 0.6 is 0 Å². The third-order valence-corrected chi connectivity index (χ3v) is 8.79. The van der Waals surface area contributed by atoms with E-state index in [1.54, 1.807) is 35.9 Å². The number of urea groups is 1. The minimum Gasteiger partial charge on any atom is -0.490 e. The minimum absolute atomic E-state index is 0.189. The van der Waals surface area contributed by atoms with Crippen LogP contribution in [0.15, 0.2) is 60.7 Å². The highest BCUT2D eigenvalue weighted by Crippen LogP contribution is 2.29. The topological polar surface area (TPSA) is 138 Å². The molecule has 0 aliphatic carbocycles. The quantitative estimate of drug-likeness (QED) is 0.320. The van der Waals surface area contributed by atoms with Crippen LogP contribution in [0.5, 0.6) is 5.75 Å². The van der Waals surface area contributed by atoms with Gasteiger partial charge in [0.15, 0.2) is 0 Å². The van der Waals surface area contributed by atoms with Gasteiger partial charge < -0.3 is 29.7 Å². The summed E-state index contributed by atoms with van der Waals surface area (Å²) in [6.07, 6.45) is 2.72. The molecule has 1 aliphatic rings. The van der Waals surface area contributed by atoms with Gasteiger partial charge in [-0.15, -0.1) is 0 Å². The number of nitrogens with one attached hydrogen (secondary N) is 2. The molecule has 0 saturated carbocycles. The SMILES string of the molecule is C[C@H]1CCCCO[C@H](CN(C)C(=O)Nc2cccc3ccccc23)[C@@H](C)CN([C@@H](C)CO)C(=O)c2cc(NS(C)(=O)=O)ccc2O1. The Morgan fingerprint density at radius 1 is 1.11 bits per heavy atom. The fourth-order valence-corrected chi connectivity index (χ4v) is 6.12. The Morgan fingerprint density at radius 2 is 1.85 bits per heavy atom. The first kappa shape index (κ1) is 35.0. The number of carbonyl (C=O) groups excluding carboxylic acids is 2. The summed E-state index contributed by atoms with van der Waals surface area (Å²) in [6, 6.07) is 17.4. The summed E-state index contributed by atoms with van der Waals surface area (Å²) < 4.78 is 38.9. The Balaban J connectivity index is 1.60. The first-order valence-electron chi connectivity index (χ1n) is 15.7. The van der Waals surface area contributed by atoms with Crippen LogP contribution in [0.3, 0.4) is 0 Å². The van der Waals surface area contributed by atoms with Crippen LogP contribution in [-0.4, -0.2) is 93.1 Å². The van der Waals surface area contributed by atoms with Gasteiger partial charge in [0.25, 0.3) is 5.91 Å². The number of ether oxygens (including phenoxy) is 2. The molecule has 11 nitrogen and oxygen atoms in total. The van der Waals surface area contributed by atoms with E-state index in [0.717, 1.165) is 29.9 Å². The number of aliphatic hydroxyl groups is 1. The van der Waals surface area contributed by atoms with Gasteiger partial charge in [0.2, 0.25) is 10.0 Å². The van der Waals surface area contributed by atoms with Crippen LogP contribution in [0.4, 0.5) is 16.2 Å². The monoisotopic (exact) mass is 654 g/mol. The normalized spacial score (nSPS) is 20.6. The molecule has 3 N–H and O–H groups in total. The molecule has 250 valence electrons. The zero-order valence-corrected chi connectivity index (χ0v) is 28.0. The first-order valence-corrected chi connectivity index (χ1v) is 17.6. The molecule has 0 fully saturated rings. The van der Waals surface area contributed by atoms with Crippen molar-refractivity contribution in [2.24, 2.45) is 5.92 Å². The Labute approximate surface area is 271 Å². The number of carbonyl (C=O) groups is 2. The van der Waals surface area contributed by atoms with E-state index >= 15 is 0 Å². The van der Waals surface area contributed by atoms with Crippen molar-refractivity contribution in [3.63, 3.8) is 0 Å². The Bertz CT molecular complexity index is 1610. The zero-order chi connectivity index (χ0) is 33.4. The molecule has 0 saturated heterocycles. The van der Waals surface area contributed by atoms with Gasteiger partial charge in [-0.25, -0.2) is 13.2 Å². The second kappa shape index (κ2) is 15.6. The molecule has 0 unspecified atom stereocenters. The molecule has 0 radical (unpaired) electrons. The van der Waals surface area contributed by atoms with Crippen LogP contribution in [0.25, 0.3) is 10.8 Å². The number of benzene rings is 3. The summed E-state index contributed by atoms with van der Waals surface area (Å²) in [5, 5.41) is 15.1. The number of likely N-dealkylation sites (N-methyl/N-ethyl adjacent to an activating group) is 1. The third kappa shape index (κ3) is 9.34. The van der Waals surface area contributed by atoms with E-state index in [0.29, 0.717) is 24.5 Å². The minimum atomic E-state index is -3.59. The number of fused-ring (bicyclic) bond motifs is 2. The van der Waals surface area contributed by atoms with Crippen molar-refractivity contribution >= 4 is 44.1 Å². The molecule has 46 heavy (non-hydrogen) atoms. The van der Waals surface area contributed by atoms with Gasteiger partial charge >= 0.3 is 6.03 Å². The number of amides is 3. The first-order chi connectivity index (χ1) is 21.9. The lowest BCUT2D eigenvalue weighted by atomic mass is 10.0. The van der Waals surface area contributed by atoms with Crippen LogP contribution in [0.2, 0.25) is 0 Å². The fraction of sp³-hybridized carbons (Fsp3) is 0.471. The van der Waals surface area contributed by atoms with Crippen molar-refractivity contribution in [1.29, 1.82) is 0 Å². The number of hydrogen-bond acceptors (Lipinski definition) is 7. The van der Waals surface area contributed by atoms with Crippen molar-refractivity contribution in [3.05, 3.63) is 66.2 Å². The molecule has 4 rings (SSSR count). The molecule has 1 aliphatic heterocycles. The Morgan fingerprint density at radius 3 is 2.59 bits per heavy atom.